The molecular weight excluding hydrogens is 326 g/mol. The van der Waals surface area contributed by atoms with E-state index in [1.807, 2.05) is 0 Å². The van der Waals surface area contributed by atoms with Gasteiger partial charge < -0.3 is 9.64 Å². The summed E-state index contributed by atoms with van der Waals surface area (Å²) in [7, 11) is 0. The van der Waals surface area contributed by atoms with Crippen LogP contribution in [-0.2, 0) is 17.6 Å². The van der Waals surface area contributed by atoms with Crippen LogP contribution in [0.15, 0.2) is 18.2 Å². The second kappa shape index (κ2) is 6.61. The molecular formula is C17H21F4NO2. The highest BCUT2D eigenvalue weighted by molar-refractivity contribution is 5.69. The molecule has 7 heteroatoms. The molecule has 0 aromatic heterocycles. The highest BCUT2D eigenvalue weighted by atomic mass is 19.4. The molecule has 0 saturated carbocycles. The minimum atomic E-state index is -4.56. The van der Waals surface area contributed by atoms with Crippen LogP contribution in [0, 0.1) is 0 Å². The zero-order chi connectivity index (χ0) is 18.1. The molecule has 1 aliphatic heterocycles. The number of alkyl halides is 4. The van der Waals surface area contributed by atoms with Crippen LogP contribution in [0.3, 0.4) is 0 Å². The van der Waals surface area contributed by atoms with Gasteiger partial charge in [0.1, 0.15) is 12.3 Å². The lowest BCUT2D eigenvalue weighted by atomic mass is 9.98. The zero-order valence-corrected chi connectivity index (χ0v) is 13.9. The molecule has 134 valence electrons. The van der Waals surface area contributed by atoms with E-state index in [-0.39, 0.29) is 5.56 Å². The summed E-state index contributed by atoms with van der Waals surface area (Å²) in [4.78, 5) is 13.7. The largest absolute Gasteiger partial charge is 0.444 e. The molecule has 1 fully saturated rings. The topological polar surface area (TPSA) is 29.5 Å². The summed E-state index contributed by atoms with van der Waals surface area (Å²) in [5.41, 5.74) is -1.34. The molecule has 1 amide bonds. The van der Waals surface area contributed by atoms with Crippen LogP contribution in [0.5, 0.6) is 0 Å². The number of nitrogens with zero attached hydrogens (tertiary/aromatic N) is 1. The van der Waals surface area contributed by atoms with E-state index in [1.54, 1.807) is 20.8 Å². The fraction of sp³-hybridized carbons (Fsp3) is 0.588. The van der Waals surface area contributed by atoms with Gasteiger partial charge in [0, 0.05) is 6.54 Å². The Morgan fingerprint density at radius 3 is 2.46 bits per heavy atom. The molecule has 1 aromatic carbocycles. The second-order valence-electron chi connectivity index (χ2n) is 6.93. The quantitative estimate of drug-likeness (QED) is 0.684. The first-order valence-electron chi connectivity index (χ1n) is 7.78. The summed E-state index contributed by atoms with van der Waals surface area (Å²) in [6, 6.07) is 2.65. The summed E-state index contributed by atoms with van der Waals surface area (Å²) in [5.74, 6) is 0. The van der Waals surface area contributed by atoms with Gasteiger partial charge >= 0.3 is 12.3 Å². The third-order valence-corrected chi connectivity index (χ3v) is 3.76. The normalized spacial score (nSPS) is 18.8. The number of rotatable bonds is 2. The highest BCUT2D eigenvalue weighted by Gasteiger charge is 2.36. The lowest BCUT2D eigenvalue weighted by Crippen LogP contribution is -2.36. The van der Waals surface area contributed by atoms with Gasteiger partial charge in [0.2, 0.25) is 0 Å². The van der Waals surface area contributed by atoms with Gasteiger partial charge in [-0.15, -0.1) is 0 Å². The van der Waals surface area contributed by atoms with Gasteiger partial charge in [-0.25, -0.2) is 9.18 Å². The second-order valence-corrected chi connectivity index (χ2v) is 6.93. The van der Waals surface area contributed by atoms with E-state index >= 15 is 0 Å². The van der Waals surface area contributed by atoms with Crippen molar-refractivity contribution in [1.82, 2.24) is 4.90 Å². The molecule has 2 rings (SSSR count). The van der Waals surface area contributed by atoms with Crippen molar-refractivity contribution < 1.29 is 27.1 Å². The minimum Gasteiger partial charge on any atom is -0.444 e. The molecule has 24 heavy (non-hydrogen) atoms. The first-order valence-corrected chi connectivity index (χ1v) is 7.78. The van der Waals surface area contributed by atoms with Crippen LogP contribution in [0.1, 0.15) is 56.3 Å². The lowest BCUT2D eigenvalue weighted by Gasteiger charge is -2.29. The van der Waals surface area contributed by atoms with Crippen LogP contribution >= 0.6 is 0 Å². The van der Waals surface area contributed by atoms with Crippen LogP contribution < -0.4 is 0 Å². The van der Waals surface area contributed by atoms with Crippen LogP contribution in [0.2, 0.25) is 0 Å². The Labute approximate surface area is 138 Å². The van der Waals surface area contributed by atoms with Crippen molar-refractivity contribution in [2.45, 2.75) is 58.1 Å². The molecule has 0 aliphatic carbocycles. The summed E-state index contributed by atoms with van der Waals surface area (Å²) >= 11 is 0. The number of carbonyl (C=O) groups is 1. The number of amides is 1. The van der Waals surface area contributed by atoms with E-state index in [0.717, 1.165) is 12.1 Å². The molecule has 1 atom stereocenters. The predicted octanol–water partition coefficient (Wildman–Crippen LogP) is 5.25. The molecule has 1 aromatic rings. The Kier molecular flexibility index (Phi) is 5.11. The lowest BCUT2D eigenvalue weighted by molar-refractivity contribution is -0.137. The molecule has 0 spiro atoms. The van der Waals surface area contributed by atoms with Crippen molar-refractivity contribution >= 4 is 6.09 Å². The minimum absolute atomic E-state index is 0.0455. The van der Waals surface area contributed by atoms with Gasteiger partial charge in [-0.3, -0.25) is 0 Å². The Hall–Kier alpha value is -1.79. The number of hydrogen-bond donors (Lipinski definition) is 0. The zero-order valence-electron chi connectivity index (χ0n) is 13.9. The highest BCUT2D eigenvalue weighted by Crippen LogP contribution is 2.37. The number of hydrogen-bond acceptors (Lipinski definition) is 2. The van der Waals surface area contributed by atoms with E-state index in [4.69, 9.17) is 4.74 Å². The molecule has 1 aliphatic rings. The molecule has 1 unspecified atom stereocenters. The Morgan fingerprint density at radius 2 is 1.92 bits per heavy atom. The monoisotopic (exact) mass is 347 g/mol. The Bertz CT molecular complexity index is 608. The number of halogens is 4. The van der Waals surface area contributed by atoms with Gasteiger partial charge in [-0.2, -0.15) is 13.2 Å². The van der Waals surface area contributed by atoms with E-state index in [1.165, 1.54) is 11.0 Å². The summed E-state index contributed by atoms with van der Waals surface area (Å²) in [6.07, 6.45) is -3.95. The Balaban J connectivity index is 2.34. The first-order chi connectivity index (χ1) is 11.0. The van der Waals surface area contributed by atoms with Gasteiger partial charge in [-0.1, -0.05) is 6.07 Å². The third kappa shape index (κ3) is 4.39. The molecule has 0 N–H and O–H groups in total. The van der Waals surface area contributed by atoms with Crippen molar-refractivity contribution in [3.8, 4) is 0 Å². The van der Waals surface area contributed by atoms with E-state index in [0.29, 0.717) is 24.9 Å². The summed E-state index contributed by atoms with van der Waals surface area (Å²) < 4.78 is 57.3. The summed E-state index contributed by atoms with van der Waals surface area (Å²) in [6.45, 7) is 4.58. The van der Waals surface area contributed by atoms with Crippen molar-refractivity contribution in [2.75, 3.05) is 6.54 Å². The van der Waals surface area contributed by atoms with Gasteiger partial charge in [0.05, 0.1) is 11.6 Å². The SMILES string of the molecule is CC(C)(C)OC(=O)N1CCCC1c1cc(CF)cc(C(F)(F)F)c1. The molecule has 1 saturated heterocycles. The fourth-order valence-corrected chi connectivity index (χ4v) is 2.80. The number of ether oxygens (including phenoxy) is 1. The molecule has 0 bridgehead atoms. The van der Waals surface area contributed by atoms with E-state index < -0.39 is 36.2 Å². The van der Waals surface area contributed by atoms with E-state index in [9.17, 15) is 22.4 Å². The van der Waals surface area contributed by atoms with Crippen molar-refractivity contribution in [1.29, 1.82) is 0 Å². The average Bonchev–Trinajstić information content (AvgIpc) is 2.93. The third-order valence-electron chi connectivity index (χ3n) is 3.76. The van der Waals surface area contributed by atoms with Crippen LogP contribution in [0.25, 0.3) is 0 Å². The fourth-order valence-electron chi connectivity index (χ4n) is 2.80. The van der Waals surface area contributed by atoms with Crippen LogP contribution in [0.4, 0.5) is 22.4 Å². The van der Waals surface area contributed by atoms with E-state index in [2.05, 4.69) is 0 Å². The average molecular weight is 347 g/mol. The van der Waals surface area contributed by atoms with Gasteiger partial charge in [0.25, 0.3) is 0 Å². The van der Waals surface area contributed by atoms with Crippen LogP contribution in [-0.4, -0.2) is 23.1 Å². The maximum atomic E-state index is 13.0. The van der Waals surface area contributed by atoms with Crippen molar-refractivity contribution in [2.24, 2.45) is 0 Å². The predicted molar refractivity (Wildman–Crippen MR) is 81.2 cm³/mol. The molecule has 0 radical (unpaired) electrons. The Morgan fingerprint density at radius 1 is 1.25 bits per heavy atom. The maximum Gasteiger partial charge on any atom is 0.416 e. The molecule has 1 heterocycles. The van der Waals surface area contributed by atoms with Gasteiger partial charge in [0.15, 0.2) is 0 Å². The van der Waals surface area contributed by atoms with Gasteiger partial charge in [-0.05, 0) is 56.9 Å². The smallest absolute Gasteiger partial charge is 0.416 e. The maximum absolute atomic E-state index is 13.0. The number of carbonyl (C=O) groups excluding carboxylic acids is 1. The first kappa shape index (κ1) is 18.5. The summed E-state index contributed by atoms with van der Waals surface area (Å²) in [5, 5.41) is 0. The molecule has 3 nitrogen and oxygen atoms in total. The van der Waals surface area contributed by atoms with Crippen molar-refractivity contribution in [3.63, 3.8) is 0 Å². The standard InChI is InChI=1S/C17H21F4NO2/c1-16(2,3)24-15(23)22-6-4-5-14(22)12-7-11(10-18)8-13(9-12)17(19,20)21/h7-9,14H,4-6,10H2,1-3H3. The number of likely N-dealkylation sites (tertiary alicyclic amines) is 1. The van der Waals surface area contributed by atoms with Crippen molar-refractivity contribution in [3.05, 3.63) is 34.9 Å². The number of benzene rings is 1.